The highest BCUT2D eigenvalue weighted by Crippen LogP contribution is 2.06. The molecule has 1 radical (unpaired) electrons. The van der Waals surface area contributed by atoms with Crippen LogP contribution >= 0.6 is 0 Å². The summed E-state index contributed by atoms with van der Waals surface area (Å²) in [5.74, 6) is -0.345. The Balaban J connectivity index is 3.81. The average molecular weight is 141 g/mol. The maximum absolute atomic E-state index is 10.7. The van der Waals surface area contributed by atoms with Crippen LogP contribution in [0.25, 0.3) is 0 Å². The Kier molecular flexibility index (Phi) is 3.13. The third-order valence-electron chi connectivity index (χ3n) is 0.661. The minimum atomic E-state index is -0.406. The van der Waals surface area contributed by atoms with Crippen LogP contribution in [0.2, 0.25) is 0 Å². The zero-order valence-electron chi connectivity index (χ0n) is 6.68. The lowest BCUT2D eigenvalue weighted by molar-refractivity contribution is -0.148. The van der Waals surface area contributed by atoms with E-state index in [9.17, 15) is 4.79 Å². The first-order valence-electron chi connectivity index (χ1n) is 3.14. The number of esters is 1. The Hall–Kier alpha value is -0.790. The molecular formula is C8H13O2. The Bertz CT molecular complexity index is 140. The molecule has 0 aromatic carbocycles. The van der Waals surface area contributed by atoms with Gasteiger partial charge < -0.3 is 4.74 Å². The number of carbonyl (C=O) groups is 1. The van der Waals surface area contributed by atoms with Crippen molar-refractivity contribution in [2.24, 2.45) is 0 Å². The molecular weight excluding hydrogens is 128 g/mol. The van der Waals surface area contributed by atoms with Crippen molar-refractivity contribution in [3.05, 3.63) is 19.1 Å². The Morgan fingerprint density at radius 1 is 1.50 bits per heavy atom. The van der Waals surface area contributed by atoms with Crippen LogP contribution in [0.5, 0.6) is 0 Å². The lowest BCUT2D eigenvalue weighted by Crippen LogP contribution is -2.22. The molecule has 0 N–H and O–H groups in total. The molecule has 0 spiro atoms. The van der Waals surface area contributed by atoms with Gasteiger partial charge in [-0.05, 0) is 27.7 Å². The molecule has 0 rings (SSSR count). The first-order chi connectivity index (χ1) is 4.45. The molecule has 0 saturated heterocycles. The van der Waals surface area contributed by atoms with Gasteiger partial charge in [-0.3, -0.25) is 0 Å². The normalized spacial score (nSPS) is 12.0. The molecule has 0 aliphatic heterocycles. The van der Waals surface area contributed by atoms with Gasteiger partial charge in [0.2, 0.25) is 0 Å². The number of allylic oxidation sites excluding steroid dienone is 1. The Labute approximate surface area is 61.9 Å². The van der Waals surface area contributed by atoms with E-state index >= 15 is 0 Å². The summed E-state index contributed by atoms with van der Waals surface area (Å²) in [7, 11) is 0. The van der Waals surface area contributed by atoms with Crippen LogP contribution in [-0.4, -0.2) is 11.6 Å². The van der Waals surface area contributed by atoms with Crippen LogP contribution in [-0.2, 0) is 9.53 Å². The van der Waals surface area contributed by atoms with Gasteiger partial charge in [0, 0.05) is 6.08 Å². The summed E-state index contributed by atoms with van der Waals surface area (Å²) in [6, 6.07) is 0. The fourth-order valence-electron chi connectivity index (χ4n) is 0.432. The predicted octanol–water partition coefficient (Wildman–Crippen LogP) is 1.72. The number of hydrogen-bond donors (Lipinski definition) is 0. The maximum atomic E-state index is 10.7. The summed E-state index contributed by atoms with van der Waals surface area (Å²) in [6.45, 7) is 8.84. The second-order valence-corrected chi connectivity index (χ2v) is 2.94. The summed E-state index contributed by atoms with van der Waals surface area (Å²) >= 11 is 0. The van der Waals surface area contributed by atoms with Crippen molar-refractivity contribution in [1.82, 2.24) is 0 Å². The standard InChI is InChI=1S/C8H13O2/c1-5-6-7(9)10-8(2,3)4/h5-6H,1H2,2-4H3/b6-5+. The largest absolute Gasteiger partial charge is 0.457 e. The van der Waals surface area contributed by atoms with Gasteiger partial charge in [-0.25, -0.2) is 4.79 Å². The van der Waals surface area contributed by atoms with E-state index in [1.54, 1.807) is 0 Å². The number of hydrogen-bond acceptors (Lipinski definition) is 2. The highest BCUT2D eigenvalue weighted by atomic mass is 16.6. The summed E-state index contributed by atoms with van der Waals surface area (Å²) in [4.78, 5) is 10.7. The third-order valence-corrected chi connectivity index (χ3v) is 0.661. The van der Waals surface area contributed by atoms with E-state index in [1.807, 2.05) is 20.8 Å². The second kappa shape index (κ2) is 3.40. The van der Waals surface area contributed by atoms with Crippen molar-refractivity contribution in [3.63, 3.8) is 0 Å². The first kappa shape index (κ1) is 9.21. The van der Waals surface area contributed by atoms with Gasteiger partial charge in [0.1, 0.15) is 5.60 Å². The van der Waals surface area contributed by atoms with Gasteiger partial charge >= 0.3 is 5.97 Å². The van der Waals surface area contributed by atoms with Gasteiger partial charge in [-0.2, -0.15) is 0 Å². The SMILES string of the molecule is [CH2]/C=C/C(=O)OC(C)(C)C. The van der Waals surface area contributed by atoms with E-state index < -0.39 is 5.60 Å². The molecule has 0 aromatic heterocycles. The molecule has 2 heteroatoms. The first-order valence-corrected chi connectivity index (χ1v) is 3.14. The summed E-state index contributed by atoms with van der Waals surface area (Å²) < 4.78 is 4.91. The Morgan fingerprint density at radius 2 is 2.00 bits per heavy atom. The summed E-state index contributed by atoms with van der Waals surface area (Å²) in [5, 5.41) is 0. The van der Waals surface area contributed by atoms with Crippen LogP contribution in [0.3, 0.4) is 0 Å². The van der Waals surface area contributed by atoms with E-state index in [2.05, 4.69) is 6.92 Å². The maximum Gasteiger partial charge on any atom is 0.330 e. The molecule has 0 saturated carbocycles. The highest BCUT2D eigenvalue weighted by Gasteiger charge is 2.13. The molecule has 0 amide bonds. The lowest BCUT2D eigenvalue weighted by atomic mass is 10.2. The van der Waals surface area contributed by atoms with E-state index in [1.165, 1.54) is 12.2 Å². The number of rotatable bonds is 1. The van der Waals surface area contributed by atoms with Crippen molar-refractivity contribution in [2.75, 3.05) is 0 Å². The molecule has 10 heavy (non-hydrogen) atoms. The molecule has 57 valence electrons. The van der Waals surface area contributed by atoms with Crippen LogP contribution in [0.4, 0.5) is 0 Å². The summed E-state index contributed by atoms with van der Waals surface area (Å²) in [6.07, 6.45) is 2.71. The van der Waals surface area contributed by atoms with E-state index in [0.29, 0.717) is 0 Å². The van der Waals surface area contributed by atoms with Crippen LogP contribution in [0.15, 0.2) is 12.2 Å². The van der Waals surface area contributed by atoms with Gasteiger partial charge in [0.25, 0.3) is 0 Å². The van der Waals surface area contributed by atoms with Crippen LogP contribution in [0.1, 0.15) is 20.8 Å². The van der Waals surface area contributed by atoms with Crippen molar-refractivity contribution in [2.45, 2.75) is 26.4 Å². The van der Waals surface area contributed by atoms with Gasteiger partial charge in [-0.1, -0.05) is 6.08 Å². The molecule has 0 aliphatic carbocycles. The number of carbonyl (C=O) groups excluding carboxylic acids is 1. The highest BCUT2D eigenvalue weighted by molar-refractivity contribution is 5.82. The van der Waals surface area contributed by atoms with Gasteiger partial charge in [0.15, 0.2) is 0 Å². The monoisotopic (exact) mass is 141 g/mol. The van der Waals surface area contributed by atoms with Crippen molar-refractivity contribution >= 4 is 5.97 Å². The topological polar surface area (TPSA) is 26.3 Å². The van der Waals surface area contributed by atoms with Crippen molar-refractivity contribution in [1.29, 1.82) is 0 Å². The lowest BCUT2D eigenvalue weighted by Gasteiger charge is -2.17. The second-order valence-electron chi connectivity index (χ2n) is 2.94. The smallest absolute Gasteiger partial charge is 0.330 e. The molecule has 0 fully saturated rings. The quantitative estimate of drug-likeness (QED) is 0.410. The zero-order chi connectivity index (χ0) is 8.20. The van der Waals surface area contributed by atoms with Crippen LogP contribution < -0.4 is 0 Å². The van der Waals surface area contributed by atoms with Gasteiger partial charge in [-0.15, -0.1) is 0 Å². The average Bonchev–Trinajstić information content (AvgIpc) is 1.59. The minimum Gasteiger partial charge on any atom is -0.457 e. The Morgan fingerprint density at radius 3 is 2.30 bits per heavy atom. The van der Waals surface area contributed by atoms with E-state index in [0.717, 1.165) is 0 Å². The molecule has 0 bridgehead atoms. The zero-order valence-corrected chi connectivity index (χ0v) is 6.68. The molecule has 0 atom stereocenters. The summed E-state index contributed by atoms with van der Waals surface area (Å²) in [5.41, 5.74) is -0.406. The molecule has 0 aromatic rings. The van der Waals surface area contributed by atoms with E-state index in [-0.39, 0.29) is 5.97 Å². The fourth-order valence-corrected chi connectivity index (χ4v) is 0.432. The van der Waals surface area contributed by atoms with Crippen LogP contribution in [0, 0.1) is 6.92 Å². The number of ether oxygens (including phenoxy) is 1. The molecule has 0 aliphatic rings. The fraction of sp³-hybridized carbons (Fsp3) is 0.500. The van der Waals surface area contributed by atoms with Crippen molar-refractivity contribution in [3.8, 4) is 0 Å². The van der Waals surface area contributed by atoms with Gasteiger partial charge in [0.05, 0.1) is 0 Å². The predicted molar refractivity (Wildman–Crippen MR) is 40.3 cm³/mol. The third kappa shape index (κ3) is 5.35. The minimum absolute atomic E-state index is 0.345. The molecule has 2 nitrogen and oxygen atoms in total. The molecule has 0 heterocycles. The van der Waals surface area contributed by atoms with Crippen molar-refractivity contribution < 1.29 is 9.53 Å². The molecule has 0 unspecified atom stereocenters. The van der Waals surface area contributed by atoms with E-state index in [4.69, 9.17) is 4.74 Å².